The Bertz CT molecular complexity index is 293. The molecule has 14 heavy (non-hydrogen) atoms. The zero-order valence-corrected chi connectivity index (χ0v) is 8.85. The molecule has 0 unspecified atom stereocenters. The van der Waals surface area contributed by atoms with Crippen molar-refractivity contribution in [3.63, 3.8) is 0 Å². The summed E-state index contributed by atoms with van der Waals surface area (Å²) in [4.78, 5) is 0. The van der Waals surface area contributed by atoms with Gasteiger partial charge in [0, 0.05) is 12.6 Å². The van der Waals surface area contributed by atoms with Crippen LogP contribution in [-0.2, 0) is 0 Å². The Labute approximate surface area is 89.3 Å². The fourth-order valence-corrected chi connectivity index (χ4v) is 1.15. The second-order valence-electron chi connectivity index (χ2n) is 3.13. The Morgan fingerprint density at radius 1 is 1.50 bits per heavy atom. The summed E-state index contributed by atoms with van der Waals surface area (Å²) in [7, 11) is 0. The van der Waals surface area contributed by atoms with Gasteiger partial charge in [0.05, 0.1) is 0 Å². The summed E-state index contributed by atoms with van der Waals surface area (Å²) >= 11 is 0. The van der Waals surface area contributed by atoms with Crippen molar-refractivity contribution in [2.24, 2.45) is 5.73 Å². The molecule has 3 N–H and O–H groups in total. The number of nitrogens with two attached hydrogens (primary N) is 1. The molecular formula is C10H15ClFNO. The second kappa shape index (κ2) is 5.96. The van der Waals surface area contributed by atoms with E-state index in [0.717, 1.165) is 5.56 Å². The molecule has 0 radical (unpaired) electrons. The van der Waals surface area contributed by atoms with Gasteiger partial charge in [0.15, 0.2) is 0 Å². The quantitative estimate of drug-likeness (QED) is 0.816. The minimum atomic E-state index is -0.278. The average molecular weight is 220 g/mol. The molecule has 0 bridgehead atoms. The number of aryl methyl sites for hydroxylation is 1. The zero-order chi connectivity index (χ0) is 9.84. The summed E-state index contributed by atoms with van der Waals surface area (Å²) in [6.45, 7) is 1.73. The van der Waals surface area contributed by atoms with Crippen LogP contribution in [0.3, 0.4) is 0 Å². The molecule has 0 aliphatic heterocycles. The van der Waals surface area contributed by atoms with Gasteiger partial charge in [-0.15, -0.1) is 12.4 Å². The van der Waals surface area contributed by atoms with Crippen molar-refractivity contribution in [3.05, 3.63) is 35.1 Å². The first-order chi connectivity index (χ1) is 6.15. The van der Waals surface area contributed by atoms with Gasteiger partial charge in [-0.05, 0) is 30.5 Å². The van der Waals surface area contributed by atoms with Crippen LogP contribution in [0.4, 0.5) is 4.39 Å². The lowest BCUT2D eigenvalue weighted by atomic mass is 10.0. The van der Waals surface area contributed by atoms with Crippen LogP contribution in [0, 0.1) is 12.7 Å². The lowest BCUT2D eigenvalue weighted by Gasteiger charge is -2.10. The first-order valence-corrected chi connectivity index (χ1v) is 4.27. The molecule has 2 nitrogen and oxygen atoms in total. The molecule has 1 atom stereocenters. The summed E-state index contributed by atoms with van der Waals surface area (Å²) in [5.41, 5.74) is 7.04. The van der Waals surface area contributed by atoms with Crippen molar-refractivity contribution in [3.8, 4) is 0 Å². The van der Waals surface area contributed by atoms with Crippen LogP contribution in [-0.4, -0.2) is 11.7 Å². The molecule has 0 spiro atoms. The van der Waals surface area contributed by atoms with E-state index in [9.17, 15) is 4.39 Å². The molecule has 0 aliphatic carbocycles. The van der Waals surface area contributed by atoms with Crippen LogP contribution in [0.5, 0.6) is 0 Å². The minimum Gasteiger partial charge on any atom is -0.396 e. The third-order valence-corrected chi connectivity index (χ3v) is 2.06. The molecule has 4 heteroatoms. The van der Waals surface area contributed by atoms with E-state index in [1.54, 1.807) is 19.1 Å². The lowest BCUT2D eigenvalue weighted by Crippen LogP contribution is -2.12. The maximum Gasteiger partial charge on any atom is 0.126 e. The van der Waals surface area contributed by atoms with Crippen molar-refractivity contribution in [1.29, 1.82) is 0 Å². The summed E-state index contributed by atoms with van der Waals surface area (Å²) in [5, 5.41) is 8.65. The number of hydrogen-bond donors (Lipinski definition) is 2. The minimum absolute atomic E-state index is 0. The van der Waals surface area contributed by atoms with Gasteiger partial charge in [-0.3, -0.25) is 0 Å². The number of hydrogen-bond acceptors (Lipinski definition) is 2. The van der Waals surface area contributed by atoms with Gasteiger partial charge in [-0.25, -0.2) is 4.39 Å². The van der Waals surface area contributed by atoms with Crippen LogP contribution >= 0.6 is 12.4 Å². The fourth-order valence-electron chi connectivity index (χ4n) is 1.15. The topological polar surface area (TPSA) is 46.2 Å². The molecule has 0 heterocycles. The maximum atomic E-state index is 13.1. The summed E-state index contributed by atoms with van der Waals surface area (Å²) in [6, 6.07) is 4.64. The Hall–Kier alpha value is -0.640. The van der Waals surface area contributed by atoms with Gasteiger partial charge in [0.25, 0.3) is 0 Å². The molecule has 0 amide bonds. The second-order valence-corrected chi connectivity index (χ2v) is 3.13. The Morgan fingerprint density at radius 3 is 2.64 bits per heavy atom. The van der Waals surface area contributed by atoms with Crippen molar-refractivity contribution < 1.29 is 9.50 Å². The summed E-state index contributed by atoms with van der Waals surface area (Å²) in [5.74, 6) is -0.245. The smallest absolute Gasteiger partial charge is 0.126 e. The van der Waals surface area contributed by atoms with E-state index in [1.165, 1.54) is 6.07 Å². The molecule has 0 aliphatic rings. The highest BCUT2D eigenvalue weighted by Gasteiger charge is 2.06. The van der Waals surface area contributed by atoms with Crippen LogP contribution in [0.2, 0.25) is 0 Å². The zero-order valence-electron chi connectivity index (χ0n) is 8.03. The summed E-state index contributed by atoms with van der Waals surface area (Å²) in [6.07, 6.45) is 0.461. The van der Waals surface area contributed by atoms with Gasteiger partial charge in [-0.2, -0.15) is 0 Å². The molecule has 1 aromatic carbocycles. The first kappa shape index (κ1) is 13.4. The van der Waals surface area contributed by atoms with Crippen LogP contribution in [0.25, 0.3) is 0 Å². The number of rotatable bonds is 3. The van der Waals surface area contributed by atoms with E-state index in [0.29, 0.717) is 12.0 Å². The number of aliphatic hydroxyl groups excluding tert-OH is 1. The van der Waals surface area contributed by atoms with Gasteiger partial charge in [-0.1, -0.05) is 12.1 Å². The maximum absolute atomic E-state index is 13.1. The predicted octanol–water partition coefficient (Wildman–Crippen LogP) is 1.94. The van der Waals surface area contributed by atoms with E-state index in [2.05, 4.69) is 0 Å². The number of benzene rings is 1. The van der Waals surface area contributed by atoms with Crippen LogP contribution < -0.4 is 5.73 Å². The largest absolute Gasteiger partial charge is 0.396 e. The highest BCUT2D eigenvalue weighted by Crippen LogP contribution is 2.16. The SMILES string of the molecule is Cc1ccc([C@H](N)CCO)cc1F.Cl. The van der Waals surface area contributed by atoms with Crippen molar-refractivity contribution in [1.82, 2.24) is 0 Å². The van der Waals surface area contributed by atoms with Crippen molar-refractivity contribution >= 4 is 12.4 Å². The molecule has 0 saturated carbocycles. The normalized spacial score (nSPS) is 12.0. The van der Waals surface area contributed by atoms with Crippen molar-refractivity contribution in [2.45, 2.75) is 19.4 Å². The Balaban J connectivity index is 0.00000169. The standard InChI is InChI=1S/C10H14FNO.ClH/c1-7-2-3-8(6-9(7)11)10(12)4-5-13;/h2-3,6,10,13H,4-5,12H2,1H3;1H/t10-;/m1./s1. The Kier molecular flexibility index (Phi) is 5.69. The van der Waals surface area contributed by atoms with Crippen LogP contribution in [0.15, 0.2) is 18.2 Å². The van der Waals surface area contributed by atoms with E-state index in [-0.39, 0.29) is 30.9 Å². The highest BCUT2D eigenvalue weighted by molar-refractivity contribution is 5.85. The molecule has 1 rings (SSSR count). The van der Waals surface area contributed by atoms with Gasteiger partial charge < -0.3 is 10.8 Å². The van der Waals surface area contributed by atoms with Crippen molar-refractivity contribution in [2.75, 3.05) is 6.61 Å². The van der Waals surface area contributed by atoms with E-state index >= 15 is 0 Å². The van der Waals surface area contributed by atoms with E-state index in [4.69, 9.17) is 10.8 Å². The van der Waals surface area contributed by atoms with E-state index in [1.807, 2.05) is 0 Å². The summed E-state index contributed by atoms with van der Waals surface area (Å²) < 4.78 is 13.1. The number of halogens is 2. The average Bonchev–Trinajstić information content (AvgIpc) is 2.10. The highest BCUT2D eigenvalue weighted by atomic mass is 35.5. The van der Waals surface area contributed by atoms with Crippen LogP contribution in [0.1, 0.15) is 23.6 Å². The van der Waals surface area contributed by atoms with Gasteiger partial charge in [0.1, 0.15) is 5.82 Å². The first-order valence-electron chi connectivity index (χ1n) is 4.27. The van der Waals surface area contributed by atoms with Gasteiger partial charge >= 0.3 is 0 Å². The monoisotopic (exact) mass is 219 g/mol. The Morgan fingerprint density at radius 2 is 2.14 bits per heavy atom. The lowest BCUT2D eigenvalue weighted by molar-refractivity contribution is 0.276. The third kappa shape index (κ3) is 3.25. The predicted molar refractivity (Wildman–Crippen MR) is 57.0 cm³/mol. The third-order valence-electron chi connectivity index (χ3n) is 2.06. The molecule has 80 valence electrons. The molecular weight excluding hydrogens is 205 g/mol. The molecule has 0 saturated heterocycles. The number of aliphatic hydroxyl groups is 1. The molecule has 0 fully saturated rings. The molecule has 1 aromatic rings. The fraction of sp³-hybridized carbons (Fsp3) is 0.400. The van der Waals surface area contributed by atoms with Gasteiger partial charge in [0.2, 0.25) is 0 Å². The molecule has 0 aromatic heterocycles. The van der Waals surface area contributed by atoms with E-state index < -0.39 is 0 Å².